The zero-order valence-electron chi connectivity index (χ0n) is 8.97. The molecule has 0 bridgehead atoms. The fraction of sp³-hybridized carbons (Fsp3) is 0.556. The molecule has 0 aliphatic heterocycles. The van der Waals surface area contributed by atoms with Crippen LogP contribution in [-0.4, -0.2) is 46.2 Å². The largest absolute Gasteiger partial charge is 0.481 e. The van der Waals surface area contributed by atoms with Crippen molar-refractivity contribution < 1.29 is 24.3 Å². The number of hydrogen-bond donors (Lipinski definition) is 2. The highest BCUT2D eigenvalue weighted by atomic mass is 16.4. The third kappa shape index (κ3) is 3.77. The molecule has 0 aromatic carbocycles. The molecule has 0 aliphatic rings. The van der Waals surface area contributed by atoms with E-state index in [2.05, 4.69) is 0 Å². The van der Waals surface area contributed by atoms with Gasteiger partial charge in [0.25, 0.3) is 0 Å². The number of nitrogens with two attached hydrogens (primary N) is 1. The van der Waals surface area contributed by atoms with Crippen LogP contribution < -0.4 is 5.73 Å². The van der Waals surface area contributed by atoms with E-state index in [0.717, 1.165) is 6.92 Å². The maximum absolute atomic E-state index is 11.5. The minimum absolute atomic E-state index is 0.520. The number of amides is 2. The Bertz CT molecular complexity index is 313. The minimum atomic E-state index is -1.44. The molecule has 0 spiro atoms. The molecule has 0 saturated heterocycles. The van der Waals surface area contributed by atoms with Crippen molar-refractivity contribution in [3.8, 4) is 0 Å². The molecule has 0 saturated carbocycles. The summed E-state index contributed by atoms with van der Waals surface area (Å²) in [6.07, 6.45) is 0.669. The minimum Gasteiger partial charge on any atom is -0.481 e. The smallest absolute Gasteiger partial charge is 0.305 e. The molecule has 1 radical (unpaired) electrons. The normalized spacial score (nSPS) is 13.7. The number of carboxylic acids is 1. The number of hydrogen-bond acceptors (Lipinski definition) is 5. The van der Waals surface area contributed by atoms with Gasteiger partial charge in [-0.3, -0.25) is 24.1 Å². The number of nitrogens with zero attached hydrogens (tertiary/aromatic N) is 1. The number of carbonyl (C=O) groups is 3. The van der Waals surface area contributed by atoms with Gasteiger partial charge >= 0.3 is 5.97 Å². The predicted molar refractivity (Wildman–Crippen MR) is 52.9 cm³/mol. The van der Waals surface area contributed by atoms with Crippen molar-refractivity contribution in [3.05, 3.63) is 0 Å². The van der Waals surface area contributed by atoms with Crippen LogP contribution in [0.25, 0.3) is 0 Å². The molecule has 0 aromatic heterocycles. The van der Waals surface area contributed by atoms with Crippen LogP contribution in [0, 0.1) is 0 Å². The zero-order valence-corrected chi connectivity index (χ0v) is 8.97. The maximum Gasteiger partial charge on any atom is 0.305 e. The van der Waals surface area contributed by atoms with Crippen LogP contribution in [0.3, 0.4) is 0 Å². The average Bonchev–Trinajstić information content (AvgIpc) is 2.14. The first kappa shape index (κ1) is 14.2. The quantitative estimate of drug-likeness (QED) is 0.602. The van der Waals surface area contributed by atoms with Gasteiger partial charge in [0.1, 0.15) is 6.04 Å². The van der Waals surface area contributed by atoms with Gasteiger partial charge in [0, 0.05) is 6.92 Å². The van der Waals surface area contributed by atoms with E-state index < -0.39 is 36.3 Å². The Balaban J connectivity index is 5.01. The first-order valence-electron chi connectivity index (χ1n) is 4.50. The molecule has 7 heteroatoms. The SMILES string of the molecule is CC(=O)N(C(=O)[C@H](C)N)[C@H]([C]=O)CC(=O)O. The van der Waals surface area contributed by atoms with E-state index in [-0.39, 0.29) is 0 Å². The molecule has 16 heavy (non-hydrogen) atoms. The molecule has 0 aliphatic carbocycles. The number of aliphatic carboxylic acids is 1. The maximum atomic E-state index is 11.5. The molecule has 0 aromatic rings. The first-order chi connectivity index (χ1) is 7.31. The van der Waals surface area contributed by atoms with E-state index >= 15 is 0 Å². The van der Waals surface area contributed by atoms with Gasteiger partial charge in [-0.1, -0.05) is 0 Å². The second-order valence-electron chi connectivity index (χ2n) is 3.25. The second-order valence-corrected chi connectivity index (χ2v) is 3.25. The predicted octanol–water partition coefficient (Wildman–Crippen LogP) is -1.34. The summed E-state index contributed by atoms with van der Waals surface area (Å²) in [5.41, 5.74) is 5.28. The van der Waals surface area contributed by atoms with Gasteiger partial charge in [0.05, 0.1) is 12.5 Å². The fourth-order valence-electron chi connectivity index (χ4n) is 1.10. The second kappa shape index (κ2) is 5.96. The molecule has 2 atom stereocenters. The van der Waals surface area contributed by atoms with Gasteiger partial charge in [-0.15, -0.1) is 0 Å². The van der Waals surface area contributed by atoms with Crippen LogP contribution in [0.15, 0.2) is 0 Å². The molecule has 0 fully saturated rings. The van der Waals surface area contributed by atoms with Crippen LogP contribution in [-0.2, 0) is 19.2 Å². The van der Waals surface area contributed by atoms with Crippen molar-refractivity contribution in [2.24, 2.45) is 5.73 Å². The van der Waals surface area contributed by atoms with Crippen LogP contribution in [0.2, 0.25) is 0 Å². The highest BCUT2D eigenvalue weighted by Gasteiger charge is 2.31. The lowest BCUT2D eigenvalue weighted by Gasteiger charge is -2.24. The fourth-order valence-corrected chi connectivity index (χ4v) is 1.10. The van der Waals surface area contributed by atoms with E-state index in [0.29, 0.717) is 4.90 Å². The molecular weight excluding hydrogens is 216 g/mol. The molecule has 0 heterocycles. The van der Waals surface area contributed by atoms with Crippen LogP contribution in [0.4, 0.5) is 0 Å². The first-order valence-corrected chi connectivity index (χ1v) is 4.50. The summed E-state index contributed by atoms with van der Waals surface area (Å²) < 4.78 is 0. The topological polar surface area (TPSA) is 118 Å². The molecular formula is C9H13N2O5. The lowest BCUT2D eigenvalue weighted by atomic mass is 10.1. The number of imide groups is 1. The summed E-state index contributed by atoms with van der Waals surface area (Å²) in [7, 11) is 0. The van der Waals surface area contributed by atoms with Crippen LogP contribution in [0.5, 0.6) is 0 Å². The Morgan fingerprint density at radius 1 is 1.44 bits per heavy atom. The van der Waals surface area contributed by atoms with Crippen LogP contribution in [0.1, 0.15) is 20.3 Å². The van der Waals surface area contributed by atoms with Gasteiger partial charge in [-0.2, -0.15) is 0 Å². The summed E-state index contributed by atoms with van der Waals surface area (Å²) >= 11 is 0. The van der Waals surface area contributed by atoms with E-state index in [1.807, 2.05) is 0 Å². The Morgan fingerprint density at radius 2 is 1.94 bits per heavy atom. The highest BCUT2D eigenvalue weighted by molar-refractivity contribution is 5.99. The van der Waals surface area contributed by atoms with Crippen molar-refractivity contribution >= 4 is 24.1 Å². The van der Waals surface area contributed by atoms with E-state index in [9.17, 15) is 19.2 Å². The van der Waals surface area contributed by atoms with Gasteiger partial charge < -0.3 is 10.8 Å². The highest BCUT2D eigenvalue weighted by Crippen LogP contribution is 2.05. The van der Waals surface area contributed by atoms with Gasteiger partial charge in [0.2, 0.25) is 18.1 Å². The molecule has 0 rings (SSSR count). The standard InChI is InChI=1S/C9H13N2O5/c1-5(10)9(16)11(6(2)13)7(4-12)3-8(14)15/h5,7H,3,10H2,1-2H3,(H,14,15)/t5-,7-/m0/s1. The third-order valence-corrected chi connectivity index (χ3v) is 1.78. The van der Waals surface area contributed by atoms with Gasteiger partial charge in [-0.25, -0.2) is 0 Å². The summed E-state index contributed by atoms with van der Waals surface area (Å²) in [5, 5.41) is 8.51. The van der Waals surface area contributed by atoms with Crippen molar-refractivity contribution in [2.75, 3.05) is 0 Å². The lowest BCUT2D eigenvalue weighted by Crippen LogP contribution is -2.51. The Hall–Kier alpha value is -1.76. The third-order valence-electron chi connectivity index (χ3n) is 1.78. The Labute approximate surface area is 92.2 Å². The zero-order chi connectivity index (χ0) is 12.9. The van der Waals surface area contributed by atoms with Crippen LogP contribution >= 0.6 is 0 Å². The monoisotopic (exact) mass is 229 g/mol. The van der Waals surface area contributed by atoms with E-state index in [1.165, 1.54) is 13.2 Å². The number of rotatable bonds is 5. The summed E-state index contributed by atoms with van der Waals surface area (Å²) in [4.78, 5) is 44.1. The Morgan fingerprint density at radius 3 is 2.19 bits per heavy atom. The molecule has 0 unspecified atom stereocenters. The van der Waals surface area contributed by atoms with E-state index in [1.54, 1.807) is 0 Å². The Kier molecular flexibility index (Phi) is 5.31. The summed E-state index contributed by atoms with van der Waals surface area (Å²) in [6, 6.07) is -2.43. The summed E-state index contributed by atoms with van der Waals surface area (Å²) in [6.45, 7) is 2.38. The number of carboxylic acid groups (broad SMARTS) is 1. The lowest BCUT2D eigenvalue weighted by molar-refractivity contribution is -0.147. The molecule has 89 valence electrons. The van der Waals surface area contributed by atoms with Gasteiger partial charge in [0.15, 0.2) is 0 Å². The average molecular weight is 229 g/mol. The van der Waals surface area contributed by atoms with Crippen molar-refractivity contribution in [1.82, 2.24) is 4.90 Å². The molecule has 2 amide bonds. The van der Waals surface area contributed by atoms with E-state index in [4.69, 9.17) is 10.8 Å². The van der Waals surface area contributed by atoms with Crippen molar-refractivity contribution in [1.29, 1.82) is 0 Å². The summed E-state index contributed by atoms with van der Waals surface area (Å²) in [5.74, 6) is -2.85. The molecule has 3 N–H and O–H groups in total. The van der Waals surface area contributed by atoms with Crippen molar-refractivity contribution in [3.63, 3.8) is 0 Å². The van der Waals surface area contributed by atoms with Crippen molar-refractivity contribution in [2.45, 2.75) is 32.4 Å². The van der Waals surface area contributed by atoms with Gasteiger partial charge in [-0.05, 0) is 6.92 Å². The molecule has 7 nitrogen and oxygen atoms in total. The number of carbonyl (C=O) groups excluding carboxylic acids is 3.